The van der Waals surface area contributed by atoms with Gasteiger partial charge in [0.15, 0.2) is 6.54 Å². The molecule has 29 heavy (non-hydrogen) atoms. The molecule has 2 aromatic heterocycles. The first-order valence-corrected chi connectivity index (χ1v) is 9.21. The van der Waals surface area contributed by atoms with Gasteiger partial charge in [-0.3, -0.25) is 10.1 Å². The topological polar surface area (TPSA) is 60.2 Å². The van der Waals surface area contributed by atoms with Crippen LogP contribution < -0.4 is 4.57 Å². The van der Waals surface area contributed by atoms with E-state index in [9.17, 15) is 10.1 Å². The van der Waals surface area contributed by atoms with Crippen LogP contribution >= 0.6 is 0 Å². The third kappa shape index (κ3) is 3.84. The fourth-order valence-electron chi connectivity index (χ4n) is 3.27. The third-order valence-corrected chi connectivity index (χ3v) is 4.69. The second-order valence-electron chi connectivity index (χ2n) is 6.56. The highest BCUT2D eigenvalue weighted by molar-refractivity contribution is 5.77. The van der Waals surface area contributed by atoms with Crippen LogP contribution in [0.5, 0.6) is 0 Å². The Morgan fingerprint density at radius 2 is 1.76 bits per heavy atom. The van der Waals surface area contributed by atoms with Crippen molar-refractivity contribution in [2.45, 2.75) is 6.54 Å². The standard InChI is InChI=1S/C24H19N2O3/c1-2-17-25-20(10-7-18-5-3-4-6-23(18)25)13-14-22-15-16-24(29-22)19-8-11-21(12-9-19)26(27)28/h2-16H,1,17H2/q+1/b14-13+. The molecule has 4 aromatic rings. The first kappa shape index (κ1) is 18.4. The molecule has 2 aromatic carbocycles. The molecular weight excluding hydrogens is 364 g/mol. The van der Waals surface area contributed by atoms with Crippen molar-refractivity contribution in [1.82, 2.24) is 0 Å². The van der Waals surface area contributed by atoms with Gasteiger partial charge in [0.1, 0.15) is 11.5 Å². The highest BCUT2D eigenvalue weighted by atomic mass is 16.6. The average Bonchev–Trinajstić information content (AvgIpc) is 3.22. The van der Waals surface area contributed by atoms with Gasteiger partial charge in [0, 0.05) is 41.3 Å². The molecule has 0 N–H and O–H groups in total. The summed E-state index contributed by atoms with van der Waals surface area (Å²) in [6, 6.07) is 22.5. The lowest BCUT2D eigenvalue weighted by Crippen LogP contribution is -2.37. The monoisotopic (exact) mass is 383 g/mol. The molecule has 0 saturated heterocycles. The van der Waals surface area contributed by atoms with Crippen LogP contribution in [0.15, 0.2) is 89.9 Å². The lowest BCUT2D eigenvalue weighted by molar-refractivity contribution is -0.662. The van der Waals surface area contributed by atoms with Crippen molar-refractivity contribution in [1.29, 1.82) is 0 Å². The number of nitro benzene ring substituents is 1. The molecule has 0 aliphatic rings. The van der Waals surface area contributed by atoms with Crippen molar-refractivity contribution < 1.29 is 13.9 Å². The first-order valence-electron chi connectivity index (χ1n) is 9.21. The van der Waals surface area contributed by atoms with Gasteiger partial charge in [0.25, 0.3) is 5.69 Å². The van der Waals surface area contributed by atoms with Gasteiger partial charge >= 0.3 is 0 Å². The molecule has 0 spiro atoms. The highest BCUT2D eigenvalue weighted by Gasteiger charge is 2.12. The van der Waals surface area contributed by atoms with Gasteiger partial charge in [-0.1, -0.05) is 18.7 Å². The van der Waals surface area contributed by atoms with E-state index < -0.39 is 4.92 Å². The van der Waals surface area contributed by atoms with Gasteiger partial charge in [0.2, 0.25) is 11.2 Å². The molecule has 0 saturated carbocycles. The number of benzene rings is 2. The summed E-state index contributed by atoms with van der Waals surface area (Å²) >= 11 is 0. The van der Waals surface area contributed by atoms with Gasteiger partial charge in [-0.15, -0.1) is 0 Å². The number of hydrogen-bond donors (Lipinski definition) is 0. The molecule has 5 heteroatoms. The molecule has 2 heterocycles. The van der Waals surface area contributed by atoms with E-state index in [0.29, 0.717) is 18.1 Å². The van der Waals surface area contributed by atoms with Crippen LogP contribution in [0.2, 0.25) is 0 Å². The fraction of sp³-hybridized carbons (Fsp3) is 0.0417. The van der Waals surface area contributed by atoms with Crippen molar-refractivity contribution in [3.63, 3.8) is 0 Å². The van der Waals surface area contributed by atoms with E-state index in [4.69, 9.17) is 4.42 Å². The molecule has 0 amide bonds. The maximum absolute atomic E-state index is 10.8. The summed E-state index contributed by atoms with van der Waals surface area (Å²) in [6.45, 7) is 4.57. The largest absolute Gasteiger partial charge is 0.457 e. The Kier molecular flexibility index (Phi) is 5.03. The number of nitrogens with zero attached hydrogens (tertiary/aromatic N) is 2. The maximum atomic E-state index is 10.8. The zero-order valence-electron chi connectivity index (χ0n) is 15.7. The molecule has 0 atom stereocenters. The van der Waals surface area contributed by atoms with Gasteiger partial charge in [-0.2, -0.15) is 4.57 Å². The van der Waals surface area contributed by atoms with Gasteiger partial charge in [-0.25, -0.2) is 0 Å². The Bertz CT molecular complexity index is 1220. The number of nitro groups is 1. The van der Waals surface area contributed by atoms with Crippen LogP contribution in [-0.2, 0) is 6.54 Å². The molecule has 0 radical (unpaired) electrons. The summed E-state index contributed by atoms with van der Waals surface area (Å²) in [4.78, 5) is 10.4. The van der Waals surface area contributed by atoms with Crippen LogP contribution in [0.25, 0.3) is 34.4 Å². The molecule has 142 valence electrons. The molecule has 4 rings (SSSR count). The molecule has 0 aliphatic carbocycles. The Hall–Kier alpha value is -3.99. The van der Waals surface area contributed by atoms with Crippen molar-refractivity contribution >= 4 is 28.7 Å². The summed E-state index contributed by atoms with van der Waals surface area (Å²) in [5, 5.41) is 12.0. The second kappa shape index (κ2) is 7.94. The smallest absolute Gasteiger partial charge is 0.269 e. The van der Waals surface area contributed by atoms with Crippen molar-refractivity contribution in [2.75, 3.05) is 0 Å². The van der Waals surface area contributed by atoms with E-state index in [2.05, 4.69) is 35.4 Å². The normalized spacial score (nSPS) is 11.2. The van der Waals surface area contributed by atoms with E-state index in [1.165, 1.54) is 17.5 Å². The number of allylic oxidation sites excluding steroid dienone is 1. The Labute approximate surface area is 168 Å². The highest BCUT2D eigenvalue weighted by Crippen LogP contribution is 2.25. The van der Waals surface area contributed by atoms with Crippen LogP contribution in [0.1, 0.15) is 11.5 Å². The zero-order chi connectivity index (χ0) is 20.2. The number of hydrogen-bond acceptors (Lipinski definition) is 3. The van der Waals surface area contributed by atoms with Gasteiger partial charge in [0.05, 0.1) is 4.92 Å². The number of furan rings is 1. The van der Waals surface area contributed by atoms with E-state index >= 15 is 0 Å². The number of rotatable bonds is 6. The Morgan fingerprint density at radius 1 is 0.966 bits per heavy atom. The minimum Gasteiger partial charge on any atom is -0.457 e. The lowest BCUT2D eigenvalue weighted by Gasteiger charge is -2.02. The lowest BCUT2D eigenvalue weighted by atomic mass is 10.1. The van der Waals surface area contributed by atoms with E-state index in [-0.39, 0.29) is 5.69 Å². The Morgan fingerprint density at radius 3 is 2.52 bits per heavy atom. The summed E-state index contributed by atoms with van der Waals surface area (Å²) in [6.07, 6.45) is 5.80. The second-order valence-corrected chi connectivity index (χ2v) is 6.56. The van der Waals surface area contributed by atoms with Gasteiger partial charge < -0.3 is 4.42 Å². The molecule has 0 aliphatic heterocycles. The number of pyridine rings is 1. The van der Waals surface area contributed by atoms with E-state index in [1.807, 2.05) is 42.5 Å². The summed E-state index contributed by atoms with van der Waals surface area (Å²) in [5.74, 6) is 1.37. The predicted molar refractivity (Wildman–Crippen MR) is 114 cm³/mol. The number of para-hydroxylation sites is 1. The molecule has 0 bridgehead atoms. The molecule has 0 fully saturated rings. The van der Waals surface area contributed by atoms with Crippen LogP contribution in [-0.4, -0.2) is 4.92 Å². The predicted octanol–water partition coefficient (Wildman–Crippen LogP) is 5.65. The van der Waals surface area contributed by atoms with Crippen molar-refractivity contribution in [2.24, 2.45) is 0 Å². The number of fused-ring (bicyclic) bond motifs is 1. The quantitative estimate of drug-likeness (QED) is 0.187. The molecule has 0 unspecified atom stereocenters. The number of aromatic nitrogens is 1. The third-order valence-electron chi connectivity index (χ3n) is 4.69. The van der Waals surface area contributed by atoms with Crippen molar-refractivity contribution in [3.05, 3.63) is 107 Å². The minimum absolute atomic E-state index is 0.0588. The van der Waals surface area contributed by atoms with Crippen LogP contribution in [0, 0.1) is 10.1 Å². The molecule has 5 nitrogen and oxygen atoms in total. The Balaban J connectivity index is 1.62. The van der Waals surface area contributed by atoms with Gasteiger partial charge in [-0.05, 0) is 48.6 Å². The van der Waals surface area contributed by atoms with Crippen LogP contribution in [0.4, 0.5) is 5.69 Å². The van der Waals surface area contributed by atoms with E-state index in [1.54, 1.807) is 12.1 Å². The minimum atomic E-state index is -0.415. The average molecular weight is 383 g/mol. The van der Waals surface area contributed by atoms with Crippen molar-refractivity contribution in [3.8, 4) is 11.3 Å². The number of non-ortho nitro benzene ring substituents is 1. The summed E-state index contributed by atoms with van der Waals surface area (Å²) in [7, 11) is 0. The fourth-order valence-corrected chi connectivity index (χ4v) is 3.27. The summed E-state index contributed by atoms with van der Waals surface area (Å²) < 4.78 is 8.09. The van der Waals surface area contributed by atoms with E-state index in [0.717, 1.165) is 16.8 Å². The maximum Gasteiger partial charge on any atom is 0.269 e. The SMILES string of the molecule is C=CC[n+]1c(/C=C/c2ccc(-c3ccc([N+](=O)[O-])cc3)o2)ccc2ccccc21. The zero-order valence-corrected chi connectivity index (χ0v) is 15.7. The van der Waals surface area contributed by atoms with Crippen LogP contribution in [0.3, 0.4) is 0 Å². The first-order chi connectivity index (χ1) is 14.2. The summed E-state index contributed by atoms with van der Waals surface area (Å²) in [5.41, 5.74) is 3.03. The molecular formula is C24H19N2O3+.